The van der Waals surface area contributed by atoms with E-state index in [2.05, 4.69) is 4.58 Å². The van der Waals surface area contributed by atoms with Gasteiger partial charge >= 0.3 is 6.29 Å². The van der Waals surface area contributed by atoms with Gasteiger partial charge in [-0.25, -0.2) is 0 Å². The lowest BCUT2D eigenvalue weighted by Gasteiger charge is -2.10. The summed E-state index contributed by atoms with van der Waals surface area (Å²) in [4.78, 5) is 0. The molecule has 0 radical (unpaired) electrons. The first-order valence-corrected chi connectivity index (χ1v) is 2.66. The largest absolute Gasteiger partial charge is 0.463 e. The highest BCUT2D eigenvalue weighted by Crippen LogP contribution is 2.15. The second kappa shape index (κ2) is 2.70. The molecule has 0 aromatic heterocycles. The van der Waals surface area contributed by atoms with E-state index in [1.807, 2.05) is 20.8 Å². The lowest BCUT2D eigenvalue weighted by atomic mass is 9.93. The van der Waals surface area contributed by atoms with Gasteiger partial charge in [0.25, 0.3) is 0 Å². The lowest BCUT2D eigenvalue weighted by molar-refractivity contribution is -1.04. The van der Waals surface area contributed by atoms with Crippen LogP contribution in [0.1, 0.15) is 27.2 Å². The molecule has 0 spiro atoms. The molecule has 0 amide bonds. The predicted octanol–water partition coefficient (Wildman–Crippen LogP) is 0.432. The fraction of sp³-hybridized carbons (Fsp3) is 0.833. The number of hydrogen-bond donors (Lipinski definition) is 0. The smallest absolute Gasteiger partial charge is 0.318 e. The topological polar surface area (TPSA) is 34.4 Å². The van der Waals surface area contributed by atoms with Crippen LogP contribution in [0.2, 0.25) is 0 Å². The SMILES string of the molecule is CC(C)(C)CC=[O+][O-]. The van der Waals surface area contributed by atoms with Crippen LogP contribution in [-0.2, 0) is 4.58 Å². The van der Waals surface area contributed by atoms with Crippen LogP contribution in [0.5, 0.6) is 0 Å². The van der Waals surface area contributed by atoms with E-state index in [0.717, 1.165) is 0 Å². The molecule has 0 atom stereocenters. The molecular formula is C6H12O2. The van der Waals surface area contributed by atoms with Crippen molar-refractivity contribution in [2.45, 2.75) is 27.2 Å². The maximum Gasteiger partial charge on any atom is 0.318 e. The number of carbonyl (C=O) groups excluding carboxylic acids is 1. The fourth-order valence-electron chi connectivity index (χ4n) is 0.284. The minimum Gasteiger partial charge on any atom is -0.463 e. The molecule has 48 valence electrons. The minimum atomic E-state index is 0.171. The van der Waals surface area contributed by atoms with E-state index < -0.39 is 0 Å². The van der Waals surface area contributed by atoms with Gasteiger partial charge in [-0.1, -0.05) is 20.8 Å². The molecule has 0 aromatic carbocycles. The molecular weight excluding hydrogens is 104 g/mol. The summed E-state index contributed by atoms with van der Waals surface area (Å²) in [5.74, 6) is 0. The molecule has 0 rings (SSSR count). The Labute approximate surface area is 49.8 Å². The number of rotatable bonds is 1. The molecule has 8 heavy (non-hydrogen) atoms. The normalized spacial score (nSPS) is 12.9. The molecule has 0 N–H and O–H groups in total. The molecule has 0 fully saturated rings. The van der Waals surface area contributed by atoms with Crippen LogP contribution in [-0.4, -0.2) is 6.29 Å². The summed E-state index contributed by atoms with van der Waals surface area (Å²) in [5, 5.41) is 9.42. The summed E-state index contributed by atoms with van der Waals surface area (Å²) >= 11 is 0. The molecule has 0 aliphatic heterocycles. The highest BCUT2D eigenvalue weighted by Gasteiger charge is 2.10. The van der Waals surface area contributed by atoms with Gasteiger partial charge in [-0.15, -0.1) is 0 Å². The van der Waals surface area contributed by atoms with Gasteiger partial charge in [0, 0.05) is 0 Å². The van der Waals surface area contributed by atoms with Crippen molar-refractivity contribution in [3.63, 3.8) is 0 Å². The summed E-state index contributed by atoms with van der Waals surface area (Å²) in [7, 11) is 0. The standard InChI is InChI=1S/C6H12O2/c1-6(2,3)4-5-8-7/h5H,4H2,1-3H3. The van der Waals surface area contributed by atoms with Gasteiger partial charge in [0.2, 0.25) is 0 Å². The van der Waals surface area contributed by atoms with Crippen LogP contribution in [0, 0.1) is 5.41 Å². The summed E-state index contributed by atoms with van der Waals surface area (Å²) in [6.07, 6.45) is 1.98. The highest BCUT2D eigenvalue weighted by atomic mass is 17.1. The van der Waals surface area contributed by atoms with Crippen LogP contribution in [0.25, 0.3) is 0 Å². The van der Waals surface area contributed by atoms with Crippen molar-refractivity contribution in [1.29, 1.82) is 0 Å². The van der Waals surface area contributed by atoms with Gasteiger partial charge in [-0.2, -0.15) is 4.58 Å². The molecule has 2 nitrogen and oxygen atoms in total. The zero-order valence-corrected chi connectivity index (χ0v) is 5.60. The Balaban J connectivity index is 3.39. The first-order valence-electron chi connectivity index (χ1n) is 2.66. The van der Waals surface area contributed by atoms with Gasteiger partial charge in [0.05, 0.1) is 6.42 Å². The van der Waals surface area contributed by atoms with Gasteiger partial charge in [-0.3, -0.25) is 0 Å². The molecule has 2 heteroatoms. The predicted molar refractivity (Wildman–Crippen MR) is 30.1 cm³/mol. The molecule has 0 unspecified atom stereocenters. The van der Waals surface area contributed by atoms with E-state index >= 15 is 0 Å². The zero-order valence-electron chi connectivity index (χ0n) is 5.60. The first kappa shape index (κ1) is 7.47. The van der Waals surface area contributed by atoms with E-state index in [4.69, 9.17) is 0 Å². The molecule has 0 saturated heterocycles. The van der Waals surface area contributed by atoms with Crippen molar-refractivity contribution in [2.75, 3.05) is 0 Å². The Morgan fingerprint density at radius 3 is 2.12 bits per heavy atom. The van der Waals surface area contributed by atoms with Crippen molar-refractivity contribution < 1.29 is 9.83 Å². The Hall–Kier alpha value is -0.530. The minimum absolute atomic E-state index is 0.171. The monoisotopic (exact) mass is 116 g/mol. The van der Waals surface area contributed by atoms with E-state index in [9.17, 15) is 5.26 Å². The molecule has 0 aliphatic carbocycles. The Morgan fingerprint density at radius 1 is 1.50 bits per heavy atom. The average Bonchev–Trinajstić information content (AvgIpc) is 1.59. The Kier molecular flexibility index (Phi) is 2.52. The van der Waals surface area contributed by atoms with Gasteiger partial charge < -0.3 is 5.26 Å². The molecule has 0 aliphatic rings. The van der Waals surface area contributed by atoms with Gasteiger partial charge in [-0.05, 0) is 5.41 Å². The van der Waals surface area contributed by atoms with Crippen molar-refractivity contribution in [2.24, 2.45) is 5.41 Å². The lowest BCUT2D eigenvalue weighted by Crippen LogP contribution is -2.08. The van der Waals surface area contributed by atoms with E-state index in [1.54, 1.807) is 0 Å². The van der Waals surface area contributed by atoms with Crippen LogP contribution >= 0.6 is 0 Å². The van der Waals surface area contributed by atoms with Gasteiger partial charge in [0.15, 0.2) is 0 Å². The van der Waals surface area contributed by atoms with Crippen molar-refractivity contribution in [3.05, 3.63) is 0 Å². The Morgan fingerprint density at radius 2 is 2.00 bits per heavy atom. The number of aldehydes is 1. The third kappa shape index (κ3) is 5.47. The van der Waals surface area contributed by atoms with Gasteiger partial charge in [0.1, 0.15) is 0 Å². The van der Waals surface area contributed by atoms with Crippen LogP contribution in [0.4, 0.5) is 0 Å². The average molecular weight is 116 g/mol. The van der Waals surface area contributed by atoms with Crippen molar-refractivity contribution in [3.8, 4) is 0 Å². The van der Waals surface area contributed by atoms with Crippen molar-refractivity contribution >= 4 is 6.29 Å². The summed E-state index contributed by atoms with van der Waals surface area (Å²) in [6, 6.07) is 0. The molecule has 0 saturated carbocycles. The second-order valence-electron chi connectivity index (χ2n) is 3.03. The summed E-state index contributed by atoms with van der Waals surface area (Å²) < 4.78 is 3.54. The maximum absolute atomic E-state index is 9.42. The summed E-state index contributed by atoms with van der Waals surface area (Å²) in [5.41, 5.74) is 0.171. The van der Waals surface area contributed by atoms with E-state index in [-0.39, 0.29) is 5.41 Å². The Bertz CT molecular complexity index is 79.0. The van der Waals surface area contributed by atoms with Crippen molar-refractivity contribution in [1.82, 2.24) is 0 Å². The van der Waals surface area contributed by atoms with Crippen LogP contribution in [0.3, 0.4) is 0 Å². The second-order valence-corrected chi connectivity index (χ2v) is 3.03. The highest BCUT2D eigenvalue weighted by molar-refractivity contribution is 5.50. The third-order valence-corrected chi connectivity index (χ3v) is 0.764. The quantitative estimate of drug-likeness (QED) is 0.212. The third-order valence-electron chi connectivity index (χ3n) is 0.764. The zero-order chi connectivity index (χ0) is 6.62. The van der Waals surface area contributed by atoms with Crippen LogP contribution in [0.15, 0.2) is 0 Å². The molecule has 0 heterocycles. The summed E-state index contributed by atoms with van der Waals surface area (Å²) in [6.45, 7) is 6.13. The van der Waals surface area contributed by atoms with Crippen LogP contribution < -0.4 is 5.26 Å². The van der Waals surface area contributed by atoms with E-state index in [0.29, 0.717) is 6.42 Å². The molecule has 0 bridgehead atoms. The fourth-order valence-corrected chi connectivity index (χ4v) is 0.284. The van der Waals surface area contributed by atoms with E-state index in [1.165, 1.54) is 6.29 Å². The molecule has 0 aromatic rings. The number of hydrogen-bond acceptors (Lipinski definition) is 1. The first-order chi connectivity index (χ1) is 3.56. The maximum atomic E-state index is 9.42.